The summed E-state index contributed by atoms with van der Waals surface area (Å²) in [7, 11) is 1.63. The van der Waals surface area contributed by atoms with Crippen LogP contribution in [-0.2, 0) is 11.2 Å². The number of aliphatic hydroxyl groups excluding tert-OH is 1. The Hall–Kier alpha value is -2.57. The van der Waals surface area contributed by atoms with Crippen molar-refractivity contribution in [1.82, 2.24) is 5.32 Å². The molecular weight excluding hydrogens is 390 g/mol. The Morgan fingerprint density at radius 2 is 1.74 bits per heavy atom. The van der Waals surface area contributed by atoms with Gasteiger partial charge in [-0.2, -0.15) is 0 Å². The zero-order valence-electron chi connectivity index (χ0n) is 18.9. The molecule has 168 valence electrons. The fourth-order valence-electron chi connectivity index (χ4n) is 3.71. The van der Waals surface area contributed by atoms with Gasteiger partial charge in [-0.15, -0.1) is 0 Å². The highest BCUT2D eigenvalue weighted by Gasteiger charge is 2.22. The van der Waals surface area contributed by atoms with Crippen molar-refractivity contribution in [1.29, 1.82) is 0 Å². The highest BCUT2D eigenvalue weighted by molar-refractivity contribution is 5.92. The zero-order chi connectivity index (χ0) is 22.3. The minimum Gasteiger partial charge on any atom is -0.497 e. The second-order valence-corrected chi connectivity index (χ2v) is 9.08. The number of carbonyl (C=O) groups excluding carboxylic acids is 1. The van der Waals surface area contributed by atoms with Gasteiger partial charge in [0.05, 0.1) is 13.5 Å². The van der Waals surface area contributed by atoms with E-state index in [9.17, 15) is 9.90 Å². The number of nitrogens with zero attached hydrogens (tertiary/aromatic N) is 1. The summed E-state index contributed by atoms with van der Waals surface area (Å²) in [5.74, 6) is 0.754. The van der Waals surface area contributed by atoms with Gasteiger partial charge >= 0.3 is 0 Å². The van der Waals surface area contributed by atoms with Crippen molar-refractivity contribution < 1.29 is 14.6 Å². The summed E-state index contributed by atoms with van der Waals surface area (Å²) >= 11 is 0. The second kappa shape index (κ2) is 10.6. The number of methoxy groups -OCH3 is 1. The normalized spacial score (nSPS) is 15.0. The third kappa shape index (κ3) is 6.97. The quantitative estimate of drug-likeness (QED) is 0.574. The molecule has 0 bridgehead atoms. The third-order valence-corrected chi connectivity index (χ3v) is 5.83. The van der Waals surface area contributed by atoms with E-state index >= 15 is 0 Å². The van der Waals surface area contributed by atoms with Crippen molar-refractivity contribution in [3.05, 3.63) is 54.1 Å². The van der Waals surface area contributed by atoms with Gasteiger partial charge in [-0.1, -0.05) is 26.0 Å². The molecule has 3 rings (SSSR count). The Morgan fingerprint density at radius 3 is 2.32 bits per heavy atom. The number of hydrogen-bond donors (Lipinski definition) is 3. The summed E-state index contributed by atoms with van der Waals surface area (Å²) in [4.78, 5) is 14.7. The molecule has 1 aliphatic rings. The molecular formula is C25H35N3O3. The van der Waals surface area contributed by atoms with Crippen LogP contribution in [0.5, 0.6) is 5.75 Å². The number of hydrogen-bond acceptors (Lipinski definition) is 5. The highest BCUT2D eigenvalue weighted by atomic mass is 16.5. The van der Waals surface area contributed by atoms with Gasteiger partial charge in [0.15, 0.2) is 0 Å². The molecule has 2 aromatic rings. The summed E-state index contributed by atoms with van der Waals surface area (Å²) in [6.07, 6.45) is 2.50. The maximum Gasteiger partial charge on any atom is 0.228 e. The molecule has 2 aromatic carbocycles. The summed E-state index contributed by atoms with van der Waals surface area (Å²) in [6, 6.07) is 16.1. The Morgan fingerprint density at radius 1 is 1.10 bits per heavy atom. The monoisotopic (exact) mass is 425 g/mol. The van der Waals surface area contributed by atoms with Crippen LogP contribution in [0.15, 0.2) is 48.5 Å². The number of piperidine rings is 1. The van der Waals surface area contributed by atoms with E-state index in [1.807, 2.05) is 36.4 Å². The maximum atomic E-state index is 12.3. The molecule has 31 heavy (non-hydrogen) atoms. The number of nitrogens with one attached hydrogen (secondary N) is 2. The summed E-state index contributed by atoms with van der Waals surface area (Å²) in [5.41, 5.74) is 2.87. The largest absolute Gasteiger partial charge is 0.497 e. The molecule has 0 aromatic heterocycles. The molecule has 1 aliphatic heterocycles. The summed E-state index contributed by atoms with van der Waals surface area (Å²) in [6.45, 7) is 7.18. The first-order valence-electron chi connectivity index (χ1n) is 11.0. The molecule has 0 spiro atoms. The van der Waals surface area contributed by atoms with E-state index in [0.717, 1.165) is 49.5 Å². The van der Waals surface area contributed by atoms with Crippen molar-refractivity contribution in [2.24, 2.45) is 5.41 Å². The lowest BCUT2D eigenvalue weighted by molar-refractivity contribution is -0.115. The highest BCUT2D eigenvalue weighted by Crippen LogP contribution is 2.23. The smallest absolute Gasteiger partial charge is 0.228 e. The Balaban J connectivity index is 1.45. The van der Waals surface area contributed by atoms with Crippen molar-refractivity contribution in [3.8, 4) is 5.75 Å². The van der Waals surface area contributed by atoms with Gasteiger partial charge in [0.1, 0.15) is 5.75 Å². The second-order valence-electron chi connectivity index (χ2n) is 9.08. The Kier molecular flexibility index (Phi) is 7.93. The number of aliphatic hydroxyl groups is 1. The Labute approximate surface area is 185 Å². The molecule has 1 heterocycles. The van der Waals surface area contributed by atoms with E-state index in [1.54, 1.807) is 7.11 Å². The number of carbonyl (C=O) groups is 1. The first kappa shape index (κ1) is 23.1. The van der Waals surface area contributed by atoms with Crippen molar-refractivity contribution in [3.63, 3.8) is 0 Å². The molecule has 1 amide bonds. The third-order valence-electron chi connectivity index (χ3n) is 5.83. The van der Waals surface area contributed by atoms with E-state index in [-0.39, 0.29) is 17.9 Å². The molecule has 0 aliphatic carbocycles. The van der Waals surface area contributed by atoms with Gasteiger partial charge in [-0.25, -0.2) is 0 Å². The number of ether oxygens (including phenoxy) is 1. The number of amides is 1. The van der Waals surface area contributed by atoms with E-state index in [1.165, 1.54) is 5.69 Å². The molecule has 3 N–H and O–H groups in total. The lowest BCUT2D eigenvalue weighted by Crippen LogP contribution is -2.45. The van der Waals surface area contributed by atoms with Crippen LogP contribution in [0, 0.1) is 5.41 Å². The molecule has 0 atom stereocenters. The van der Waals surface area contributed by atoms with E-state index < -0.39 is 0 Å². The predicted molar refractivity (Wildman–Crippen MR) is 126 cm³/mol. The maximum absolute atomic E-state index is 12.3. The average Bonchev–Trinajstić information content (AvgIpc) is 2.79. The van der Waals surface area contributed by atoms with Crippen LogP contribution < -0.4 is 20.3 Å². The first-order chi connectivity index (χ1) is 14.9. The summed E-state index contributed by atoms with van der Waals surface area (Å²) in [5, 5.41) is 16.0. The van der Waals surface area contributed by atoms with Gasteiger partial charge in [0.2, 0.25) is 5.91 Å². The molecule has 1 fully saturated rings. The lowest BCUT2D eigenvalue weighted by Gasteiger charge is -2.35. The van der Waals surface area contributed by atoms with Crippen LogP contribution in [0.2, 0.25) is 0 Å². The predicted octanol–water partition coefficient (Wildman–Crippen LogP) is 3.45. The molecule has 1 saturated heterocycles. The van der Waals surface area contributed by atoms with Crippen molar-refractivity contribution in [2.45, 2.75) is 39.2 Å². The fraction of sp³-hybridized carbons (Fsp3) is 0.480. The topological polar surface area (TPSA) is 73.8 Å². The molecule has 6 nitrogen and oxygen atoms in total. The van der Waals surface area contributed by atoms with Crippen molar-refractivity contribution in [2.75, 3.05) is 43.6 Å². The lowest BCUT2D eigenvalue weighted by atomic mass is 9.93. The SMILES string of the molecule is COc1ccc(CC(=O)Nc2ccc(N3CCC(NCC(C)(C)CO)CC3)cc2)cc1. The minimum atomic E-state index is -0.0786. The number of rotatable bonds is 9. The van der Waals surface area contributed by atoms with Crippen LogP contribution >= 0.6 is 0 Å². The van der Waals surface area contributed by atoms with Gasteiger partial charge in [-0.05, 0) is 54.8 Å². The van der Waals surface area contributed by atoms with Crippen LogP contribution in [0.1, 0.15) is 32.3 Å². The summed E-state index contributed by atoms with van der Waals surface area (Å²) < 4.78 is 5.15. The average molecular weight is 426 g/mol. The molecule has 6 heteroatoms. The van der Waals surface area contributed by atoms with E-state index in [4.69, 9.17) is 4.74 Å². The molecule has 0 unspecified atom stereocenters. The number of benzene rings is 2. The van der Waals surface area contributed by atoms with E-state index in [0.29, 0.717) is 12.5 Å². The molecule has 0 radical (unpaired) electrons. The van der Waals surface area contributed by atoms with E-state index in [2.05, 4.69) is 41.5 Å². The van der Waals surface area contributed by atoms with Crippen LogP contribution in [0.25, 0.3) is 0 Å². The minimum absolute atomic E-state index is 0.0318. The van der Waals surface area contributed by atoms with Crippen LogP contribution in [0.4, 0.5) is 11.4 Å². The standard InChI is InChI=1S/C25H35N3O3/c1-25(2,18-29)17-26-20-12-14-28(15-13-20)22-8-6-21(7-9-22)27-24(30)16-19-4-10-23(31-3)11-5-19/h4-11,20,26,29H,12-18H2,1-3H3,(H,27,30). The van der Waals surface area contributed by atoms with Gasteiger partial charge in [-0.3, -0.25) is 4.79 Å². The molecule has 0 saturated carbocycles. The zero-order valence-corrected chi connectivity index (χ0v) is 18.9. The van der Waals surface area contributed by atoms with Gasteiger partial charge < -0.3 is 25.4 Å². The van der Waals surface area contributed by atoms with Gasteiger partial charge in [0, 0.05) is 49.1 Å². The Bertz CT molecular complexity index is 826. The van der Waals surface area contributed by atoms with Gasteiger partial charge in [0.25, 0.3) is 0 Å². The number of anilines is 2. The van der Waals surface area contributed by atoms with Crippen LogP contribution in [-0.4, -0.2) is 50.4 Å². The van der Waals surface area contributed by atoms with Crippen LogP contribution in [0.3, 0.4) is 0 Å². The fourth-order valence-corrected chi connectivity index (χ4v) is 3.71. The van der Waals surface area contributed by atoms with Crippen molar-refractivity contribution >= 4 is 17.3 Å². The first-order valence-corrected chi connectivity index (χ1v) is 11.0.